The summed E-state index contributed by atoms with van der Waals surface area (Å²) in [6.07, 6.45) is 2.05. The van der Waals surface area contributed by atoms with Crippen molar-refractivity contribution in [2.45, 2.75) is 39.2 Å². The van der Waals surface area contributed by atoms with Gasteiger partial charge in [-0.05, 0) is 43.4 Å². The van der Waals surface area contributed by atoms with E-state index in [2.05, 4.69) is 4.98 Å². The van der Waals surface area contributed by atoms with E-state index in [1.165, 1.54) is 0 Å². The van der Waals surface area contributed by atoms with Gasteiger partial charge in [-0.3, -0.25) is 9.59 Å². The lowest BCUT2D eigenvalue weighted by Gasteiger charge is -2.43. The third-order valence-corrected chi connectivity index (χ3v) is 5.64. The molecule has 2 N–H and O–H groups in total. The minimum atomic E-state index is -1.31. The van der Waals surface area contributed by atoms with Crippen LogP contribution in [0.25, 0.3) is 11.0 Å². The lowest BCUT2D eigenvalue weighted by atomic mass is 9.72. The maximum absolute atomic E-state index is 13.0. The Bertz CT molecular complexity index is 860. The number of rotatable bonds is 5. The molecule has 0 saturated carbocycles. The van der Waals surface area contributed by atoms with Crippen LogP contribution in [-0.2, 0) is 11.8 Å². The van der Waals surface area contributed by atoms with Crippen LogP contribution in [0.4, 0.5) is 0 Å². The van der Waals surface area contributed by atoms with Crippen molar-refractivity contribution < 1.29 is 19.8 Å². The van der Waals surface area contributed by atoms with Crippen LogP contribution in [0.2, 0.25) is 0 Å². The van der Waals surface area contributed by atoms with Crippen molar-refractivity contribution in [1.82, 2.24) is 14.5 Å². The number of hydrogen-bond acceptors (Lipinski definition) is 4. The third kappa shape index (κ3) is 3.56. The van der Waals surface area contributed by atoms with E-state index in [4.69, 9.17) is 0 Å². The molecule has 0 bridgehead atoms. The minimum Gasteiger partial charge on any atom is -0.481 e. The average Bonchev–Trinajstić information content (AvgIpc) is 3.00. The molecule has 1 amide bonds. The van der Waals surface area contributed by atoms with Gasteiger partial charge in [0.2, 0.25) is 0 Å². The van der Waals surface area contributed by atoms with Crippen LogP contribution >= 0.6 is 0 Å². The molecule has 1 aromatic heterocycles. The fourth-order valence-electron chi connectivity index (χ4n) is 3.81. The molecule has 3 rings (SSSR count). The zero-order valence-corrected chi connectivity index (χ0v) is 16.1. The third-order valence-electron chi connectivity index (χ3n) is 5.64. The van der Waals surface area contributed by atoms with Gasteiger partial charge in [0, 0.05) is 25.7 Å². The number of aryl methyl sites for hydroxylation is 1. The lowest BCUT2D eigenvalue weighted by molar-refractivity contribution is -0.163. The van der Waals surface area contributed by atoms with Crippen molar-refractivity contribution in [3.8, 4) is 0 Å². The Morgan fingerprint density at radius 2 is 2.11 bits per heavy atom. The van der Waals surface area contributed by atoms with Crippen LogP contribution in [0, 0.1) is 11.3 Å². The molecule has 146 valence electrons. The van der Waals surface area contributed by atoms with Crippen LogP contribution in [0.1, 0.15) is 43.5 Å². The molecule has 7 heteroatoms. The number of carboxylic acid groups (broad SMARTS) is 1. The number of benzene rings is 1. The number of imidazole rings is 1. The van der Waals surface area contributed by atoms with Crippen LogP contribution in [0.5, 0.6) is 0 Å². The number of carboxylic acids is 1. The Balaban J connectivity index is 1.86. The summed E-state index contributed by atoms with van der Waals surface area (Å²) >= 11 is 0. The molecule has 1 aromatic carbocycles. The van der Waals surface area contributed by atoms with Crippen LogP contribution in [-0.4, -0.2) is 55.7 Å². The van der Waals surface area contributed by atoms with Crippen molar-refractivity contribution in [1.29, 1.82) is 0 Å². The van der Waals surface area contributed by atoms with Crippen molar-refractivity contribution in [2.24, 2.45) is 18.4 Å². The largest absolute Gasteiger partial charge is 0.481 e. The average molecular weight is 373 g/mol. The zero-order chi connectivity index (χ0) is 19.8. The van der Waals surface area contributed by atoms with Crippen LogP contribution in [0.3, 0.4) is 0 Å². The van der Waals surface area contributed by atoms with E-state index in [1.807, 2.05) is 31.5 Å². The highest BCUT2D eigenvalue weighted by Crippen LogP contribution is 2.37. The van der Waals surface area contributed by atoms with Crippen molar-refractivity contribution in [3.05, 3.63) is 30.1 Å². The van der Waals surface area contributed by atoms with E-state index < -0.39 is 17.5 Å². The van der Waals surface area contributed by atoms with Gasteiger partial charge in [0.1, 0.15) is 5.41 Å². The fourth-order valence-corrected chi connectivity index (χ4v) is 3.81. The number of amides is 1. The second-order valence-corrected chi connectivity index (χ2v) is 7.98. The van der Waals surface area contributed by atoms with Crippen molar-refractivity contribution in [3.63, 3.8) is 0 Å². The summed E-state index contributed by atoms with van der Waals surface area (Å²) in [6, 6.07) is 5.32. The maximum Gasteiger partial charge on any atom is 0.314 e. The molecule has 7 nitrogen and oxygen atoms in total. The van der Waals surface area contributed by atoms with E-state index in [-0.39, 0.29) is 18.9 Å². The summed E-state index contributed by atoms with van der Waals surface area (Å²) in [7, 11) is 1.89. The fraction of sp³-hybridized carbons (Fsp3) is 0.550. The number of piperidine rings is 1. The number of nitrogens with zero attached hydrogens (tertiary/aromatic N) is 3. The summed E-state index contributed by atoms with van der Waals surface area (Å²) in [6.45, 7) is 4.41. The van der Waals surface area contributed by atoms with Gasteiger partial charge in [-0.25, -0.2) is 4.98 Å². The monoisotopic (exact) mass is 373 g/mol. The topological polar surface area (TPSA) is 95.7 Å². The van der Waals surface area contributed by atoms with Gasteiger partial charge >= 0.3 is 5.97 Å². The molecule has 0 spiro atoms. The Morgan fingerprint density at radius 1 is 1.37 bits per heavy atom. The van der Waals surface area contributed by atoms with Crippen LogP contribution in [0.15, 0.2) is 24.5 Å². The highest BCUT2D eigenvalue weighted by Gasteiger charge is 2.49. The molecule has 1 aliphatic heterocycles. The quantitative estimate of drug-likeness (QED) is 0.838. The Kier molecular flexibility index (Phi) is 5.24. The summed E-state index contributed by atoms with van der Waals surface area (Å²) in [5.41, 5.74) is 0.829. The lowest BCUT2D eigenvalue weighted by Crippen LogP contribution is -2.57. The first-order valence-corrected chi connectivity index (χ1v) is 9.36. The maximum atomic E-state index is 13.0. The summed E-state index contributed by atoms with van der Waals surface area (Å²) in [5, 5.41) is 20.4. The Morgan fingerprint density at radius 3 is 2.78 bits per heavy atom. The summed E-state index contributed by atoms with van der Waals surface area (Å²) < 4.78 is 1.88. The number of aliphatic hydroxyl groups is 1. The van der Waals surface area contributed by atoms with E-state index in [1.54, 1.807) is 23.4 Å². The van der Waals surface area contributed by atoms with Gasteiger partial charge in [-0.1, -0.05) is 13.8 Å². The molecular weight excluding hydrogens is 346 g/mol. The zero-order valence-electron chi connectivity index (χ0n) is 16.1. The van der Waals surface area contributed by atoms with Gasteiger partial charge in [-0.15, -0.1) is 0 Å². The smallest absolute Gasteiger partial charge is 0.314 e. The van der Waals surface area contributed by atoms with Gasteiger partial charge in [-0.2, -0.15) is 0 Å². The standard InChI is InChI=1S/C20H27N3O4/c1-13(2)6-8-20(19(26)27)11-23(9-7-17(20)24)18(25)14-4-5-16-15(10-14)21-12-22(16)3/h4-5,10,12-13,17,24H,6-9,11H2,1-3H3,(H,26,27)/t17-,20+/m0/s1. The number of carbonyl (C=O) groups is 2. The molecule has 1 aliphatic rings. The predicted octanol–water partition coefficient (Wildman–Crippen LogP) is 2.29. The first-order valence-electron chi connectivity index (χ1n) is 9.36. The molecule has 2 atom stereocenters. The number of fused-ring (bicyclic) bond motifs is 1. The van der Waals surface area contributed by atoms with E-state index in [9.17, 15) is 19.8 Å². The van der Waals surface area contributed by atoms with E-state index in [0.717, 1.165) is 11.0 Å². The molecule has 27 heavy (non-hydrogen) atoms. The number of hydrogen-bond donors (Lipinski definition) is 2. The van der Waals surface area contributed by atoms with Crippen molar-refractivity contribution in [2.75, 3.05) is 13.1 Å². The van der Waals surface area contributed by atoms with Gasteiger partial charge < -0.3 is 19.7 Å². The van der Waals surface area contributed by atoms with Crippen LogP contribution < -0.4 is 0 Å². The highest BCUT2D eigenvalue weighted by atomic mass is 16.4. The molecule has 0 aliphatic carbocycles. The molecule has 1 saturated heterocycles. The van der Waals surface area contributed by atoms with E-state index in [0.29, 0.717) is 30.9 Å². The van der Waals surface area contributed by atoms with E-state index >= 15 is 0 Å². The number of aromatic nitrogens is 2. The first kappa shape index (κ1) is 19.4. The Labute approximate surface area is 158 Å². The molecule has 2 aromatic rings. The Hall–Kier alpha value is -2.41. The SMILES string of the molecule is CC(C)CC[C@@]1(C(=O)O)CN(C(=O)c2ccc3c(c2)ncn3C)CC[C@@H]1O. The first-order chi connectivity index (χ1) is 12.7. The number of carbonyl (C=O) groups excluding carboxylic acids is 1. The summed E-state index contributed by atoms with van der Waals surface area (Å²) in [5.74, 6) is -0.927. The van der Waals surface area contributed by atoms with Crippen molar-refractivity contribution >= 4 is 22.9 Å². The molecule has 2 heterocycles. The minimum absolute atomic E-state index is 0.0231. The summed E-state index contributed by atoms with van der Waals surface area (Å²) in [4.78, 5) is 30.9. The van der Waals surface area contributed by atoms with Gasteiger partial charge in [0.25, 0.3) is 5.91 Å². The molecule has 0 unspecified atom stereocenters. The highest BCUT2D eigenvalue weighted by molar-refractivity contribution is 5.97. The normalized spacial score (nSPS) is 23.1. The number of aliphatic carboxylic acids is 1. The second-order valence-electron chi connectivity index (χ2n) is 7.98. The molecule has 0 radical (unpaired) electrons. The predicted molar refractivity (Wildman–Crippen MR) is 101 cm³/mol. The molecular formula is C20H27N3O4. The number of likely N-dealkylation sites (tertiary alicyclic amines) is 1. The number of aliphatic hydroxyl groups excluding tert-OH is 1. The molecule has 1 fully saturated rings. The van der Waals surface area contributed by atoms with Gasteiger partial charge in [0.05, 0.1) is 23.5 Å². The van der Waals surface area contributed by atoms with Gasteiger partial charge in [0.15, 0.2) is 0 Å². The second kappa shape index (κ2) is 7.31.